The van der Waals surface area contributed by atoms with Gasteiger partial charge in [-0.2, -0.15) is 5.10 Å². The van der Waals surface area contributed by atoms with E-state index in [-0.39, 0.29) is 30.7 Å². The molecule has 7 rings (SSSR count). The molecule has 49 heavy (non-hydrogen) atoms. The molecule has 0 radical (unpaired) electrons. The number of anilines is 2. The fourth-order valence-electron chi connectivity index (χ4n) is 6.43. The van der Waals surface area contributed by atoms with E-state index in [1.165, 1.54) is 12.1 Å². The van der Waals surface area contributed by atoms with E-state index in [1.807, 2.05) is 29.2 Å². The largest absolute Gasteiger partial charge is 0.352 e. The summed E-state index contributed by atoms with van der Waals surface area (Å²) in [5.74, 6) is 6.09. The molecule has 0 aliphatic carbocycles. The summed E-state index contributed by atoms with van der Waals surface area (Å²) in [7, 11) is 0. The summed E-state index contributed by atoms with van der Waals surface area (Å²) in [5.41, 5.74) is 2.40. The molecule has 1 unspecified atom stereocenters. The molecule has 2 atom stereocenters. The van der Waals surface area contributed by atoms with Crippen molar-refractivity contribution in [3.63, 3.8) is 0 Å². The van der Waals surface area contributed by atoms with Crippen LogP contribution in [0.5, 0.6) is 0 Å². The summed E-state index contributed by atoms with van der Waals surface area (Å²) in [6.07, 6.45) is 17.4. The summed E-state index contributed by atoms with van der Waals surface area (Å²) in [4.78, 5) is 46.0. The van der Waals surface area contributed by atoms with Gasteiger partial charge in [-0.1, -0.05) is 11.8 Å². The number of hydrogen-bond acceptors (Lipinski definition) is 8. The number of H-pyrrole nitrogens is 1. The molecule has 2 aliphatic rings. The Balaban J connectivity index is 0.975. The van der Waals surface area contributed by atoms with Gasteiger partial charge >= 0.3 is 0 Å². The van der Waals surface area contributed by atoms with Crippen LogP contribution in [0.2, 0.25) is 0 Å². The van der Waals surface area contributed by atoms with Gasteiger partial charge in [-0.3, -0.25) is 19.6 Å². The molecular formula is C37H32FN9O2. The van der Waals surface area contributed by atoms with Gasteiger partial charge in [0.15, 0.2) is 5.82 Å². The van der Waals surface area contributed by atoms with Crippen LogP contribution in [0.3, 0.4) is 0 Å². The maximum Gasteiger partial charge on any atom is 0.244 e. The van der Waals surface area contributed by atoms with E-state index >= 15 is 0 Å². The molecule has 2 aliphatic heterocycles. The minimum atomic E-state index is -1.11. The minimum absolute atomic E-state index is 0.0981. The lowest BCUT2D eigenvalue weighted by Crippen LogP contribution is -2.56. The molecule has 11 nitrogen and oxygen atoms in total. The Hall–Kier alpha value is -6.11. The maximum atomic E-state index is 13.7. The zero-order chi connectivity index (χ0) is 34.0. The molecule has 2 N–H and O–H groups in total. The van der Waals surface area contributed by atoms with E-state index in [0.717, 1.165) is 27.8 Å². The first-order chi connectivity index (χ1) is 23.9. The number of pyridine rings is 1. The molecule has 2 fully saturated rings. The monoisotopic (exact) mass is 653 g/mol. The summed E-state index contributed by atoms with van der Waals surface area (Å²) >= 11 is 0. The van der Waals surface area contributed by atoms with E-state index in [1.54, 1.807) is 47.8 Å². The van der Waals surface area contributed by atoms with Crippen LogP contribution >= 0.6 is 0 Å². The van der Waals surface area contributed by atoms with Crippen LogP contribution in [0, 0.1) is 35.9 Å². The van der Waals surface area contributed by atoms with Crippen LogP contribution in [0.4, 0.5) is 15.9 Å². The number of fused-ring (bicyclic) bond motifs is 1. The summed E-state index contributed by atoms with van der Waals surface area (Å²) < 4.78 is 13.5. The van der Waals surface area contributed by atoms with E-state index in [4.69, 9.17) is 12.8 Å². The first-order valence-electron chi connectivity index (χ1n) is 15.9. The molecule has 12 heteroatoms. The normalized spacial score (nSPS) is 19.4. The highest BCUT2D eigenvalue weighted by Gasteiger charge is 2.44. The number of halogens is 1. The van der Waals surface area contributed by atoms with Crippen molar-refractivity contribution in [2.75, 3.05) is 49.5 Å². The smallest absolute Gasteiger partial charge is 0.244 e. The molecule has 2 saturated heterocycles. The summed E-state index contributed by atoms with van der Waals surface area (Å²) in [6, 6.07) is 16.6. The van der Waals surface area contributed by atoms with Gasteiger partial charge < -0.3 is 15.1 Å². The molecule has 0 saturated carbocycles. The third-order valence-electron chi connectivity index (χ3n) is 9.15. The zero-order valence-corrected chi connectivity index (χ0v) is 26.5. The first kappa shape index (κ1) is 31.5. The lowest BCUT2D eigenvalue weighted by Gasteiger charge is -2.40. The van der Waals surface area contributed by atoms with Crippen LogP contribution in [0.1, 0.15) is 6.42 Å². The lowest BCUT2D eigenvalue weighted by atomic mass is 9.87. The highest BCUT2D eigenvalue weighted by molar-refractivity contribution is 6.01. The number of carbonyl (C=O) groups excluding carboxylic acids is 2. The molecule has 5 heterocycles. The fraction of sp³-hybridized carbons (Fsp3) is 0.243. The number of benzene rings is 2. The van der Waals surface area contributed by atoms with E-state index in [2.05, 4.69) is 47.2 Å². The number of carbonyl (C=O) groups is 2. The van der Waals surface area contributed by atoms with Gasteiger partial charge in [0, 0.05) is 67.0 Å². The van der Waals surface area contributed by atoms with Crippen molar-refractivity contribution in [2.45, 2.75) is 12.5 Å². The number of aromatic nitrogens is 5. The Labute approximate surface area is 282 Å². The highest BCUT2D eigenvalue weighted by Crippen LogP contribution is 2.33. The predicted octanol–water partition coefficient (Wildman–Crippen LogP) is 3.84. The number of aromatic amines is 1. The van der Waals surface area contributed by atoms with Crippen molar-refractivity contribution in [2.24, 2.45) is 5.41 Å². The second-order valence-corrected chi connectivity index (χ2v) is 12.2. The Morgan fingerprint density at radius 1 is 1.00 bits per heavy atom. The molecule has 0 bridgehead atoms. The van der Waals surface area contributed by atoms with Gasteiger partial charge in [0.1, 0.15) is 23.1 Å². The van der Waals surface area contributed by atoms with Crippen molar-refractivity contribution in [1.82, 2.24) is 34.9 Å². The predicted molar refractivity (Wildman–Crippen MR) is 184 cm³/mol. The Morgan fingerprint density at radius 3 is 2.53 bits per heavy atom. The fourth-order valence-corrected chi connectivity index (χ4v) is 6.43. The third-order valence-corrected chi connectivity index (χ3v) is 9.15. The van der Waals surface area contributed by atoms with Crippen molar-refractivity contribution in [3.8, 4) is 47.3 Å². The van der Waals surface area contributed by atoms with Crippen molar-refractivity contribution < 1.29 is 14.0 Å². The van der Waals surface area contributed by atoms with Crippen LogP contribution in [0.15, 0.2) is 79.3 Å². The van der Waals surface area contributed by atoms with Gasteiger partial charge in [0.05, 0.1) is 24.3 Å². The van der Waals surface area contributed by atoms with Crippen molar-refractivity contribution in [3.05, 3.63) is 85.1 Å². The quantitative estimate of drug-likeness (QED) is 0.254. The van der Waals surface area contributed by atoms with Crippen LogP contribution < -0.4 is 10.2 Å². The second-order valence-electron chi connectivity index (χ2n) is 12.2. The lowest BCUT2D eigenvalue weighted by molar-refractivity contribution is -0.134. The molecule has 5 aromatic rings. The van der Waals surface area contributed by atoms with Gasteiger partial charge in [-0.25, -0.2) is 19.3 Å². The first-order valence-corrected chi connectivity index (χ1v) is 15.9. The number of rotatable bonds is 7. The molecule has 2 aromatic carbocycles. The molecule has 0 spiro atoms. The summed E-state index contributed by atoms with van der Waals surface area (Å²) in [5, 5.41) is 11.1. The number of amides is 2. The van der Waals surface area contributed by atoms with Gasteiger partial charge in [-0.15, -0.1) is 12.8 Å². The zero-order valence-electron chi connectivity index (χ0n) is 26.5. The van der Waals surface area contributed by atoms with Gasteiger partial charge in [0.25, 0.3) is 0 Å². The molecular weight excluding hydrogens is 621 g/mol. The number of likely N-dealkylation sites (tertiary alicyclic amines) is 1. The van der Waals surface area contributed by atoms with E-state index < -0.39 is 11.5 Å². The Bertz CT molecular complexity index is 2090. The number of nitrogens with zero attached hydrogens (tertiary/aromatic N) is 7. The van der Waals surface area contributed by atoms with Gasteiger partial charge in [-0.05, 0) is 67.1 Å². The topological polar surface area (TPSA) is 123 Å². The number of piperazine rings is 1. The maximum absolute atomic E-state index is 13.7. The second kappa shape index (κ2) is 13.2. The minimum Gasteiger partial charge on any atom is -0.352 e. The van der Waals surface area contributed by atoms with Crippen molar-refractivity contribution >= 4 is 34.2 Å². The SMILES string of the molecule is C#C[C@@H]1CN(c2ccc(-c3ncccn3)cn2)CCN1C(=O)CN1CCC(C#C)(C(=O)Nc2ccc3[nH]nc(-c4ccc(F)cc4)c3c2)C1. The molecule has 244 valence electrons. The summed E-state index contributed by atoms with van der Waals surface area (Å²) in [6.45, 7) is 2.26. The van der Waals surface area contributed by atoms with Crippen LogP contribution in [0.25, 0.3) is 33.5 Å². The van der Waals surface area contributed by atoms with E-state index in [0.29, 0.717) is 49.8 Å². The number of terminal acetylenes is 2. The Morgan fingerprint density at radius 2 is 1.80 bits per heavy atom. The number of nitrogens with one attached hydrogen (secondary N) is 2. The standard InChI is InChI=1S/C37H32FN9O2/c1-3-29-22-46(32-13-8-26(21-41-32)35-39-15-5-16-40-35)18-19-47(29)33(48)23-45-17-14-37(4-2,24-45)36(49)42-28-11-12-31-30(20-28)34(44-43-31)25-6-9-27(38)10-7-25/h1-2,5-13,15-16,20-21,29H,14,17-19,22-24H2,(H,42,49)(H,43,44)/t29-,37?/m1/s1. The number of hydrogen-bond donors (Lipinski definition) is 2. The van der Waals surface area contributed by atoms with Crippen LogP contribution in [-0.4, -0.2) is 92.1 Å². The highest BCUT2D eigenvalue weighted by atomic mass is 19.1. The van der Waals surface area contributed by atoms with Crippen molar-refractivity contribution in [1.29, 1.82) is 0 Å². The molecule has 2 amide bonds. The van der Waals surface area contributed by atoms with E-state index in [9.17, 15) is 14.0 Å². The molecule has 3 aromatic heterocycles. The third kappa shape index (κ3) is 6.30. The Kier molecular flexibility index (Phi) is 8.47. The van der Waals surface area contributed by atoms with Crippen LogP contribution in [-0.2, 0) is 9.59 Å². The van der Waals surface area contributed by atoms with Gasteiger partial charge in [0.2, 0.25) is 11.8 Å². The average Bonchev–Trinajstić information content (AvgIpc) is 3.77. The average molecular weight is 654 g/mol.